The highest BCUT2D eigenvalue weighted by Crippen LogP contribution is 2.17. The van der Waals surface area contributed by atoms with Gasteiger partial charge in [-0.15, -0.1) is 0 Å². The molecular weight excluding hydrogens is 237 g/mol. The monoisotopic (exact) mass is 251 g/mol. The lowest BCUT2D eigenvalue weighted by molar-refractivity contribution is -0.138. The second-order valence-electron chi connectivity index (χ2n) is 4.29. The first-order valence-electron chi connectivity index (χ1n) is 6.04. The summed E-state index contributed by atoms with van der Waals surface area (Å²) in [5.74, 6) is -0.935. The van der Waals surface area contributed by atoms with Crippen LogP contribution in [-0.2, 0) is 11.2 Å². The molecule has 1 atom stereocenters. The fourth-order valence-electron chi connectivity index (χ4n) is 1.92. The first kappa shape index (κ1) is 13.2. The highest BCUT2D eigenvalue weighted by atomic mass is 16.4. The van der Waals surface area contributed by atoms with Crippen LogP contribution in [0.15, 0.2) is 60.7 Å². The second-order valence-corrected chi connectivity index (χ2v) is 4.29. The number of para-hydroxylation sites is 1. The molecule has 19 heavy (non-hydrogen) atoms. The van der Waals surface area contributed by atoms with Crippen LogP contribution >= 0.6 is 0 Å². The number of carboxylic acid groups (broad SMARTS) is 1. The number of hydrogen-bond donors (Lipinski definition) is 1. The van der Waals surface area contributed by atoms with Crippen molar-refractivity contribution in [1.29, 1.82) is 0 Å². The largest absolute Gasteiger partial charge is 0.480 e. The summed E-state index contributed by atoms with van der Waals surface area (Å²) in [6.45, 7) is 0. The number of rotatable bonds is 5. The van der Waals surface area contributed by atoms with Gasteiger partial charge in [-0.25, -0.2) is 0 Å². The van der Waals surface area contributed by atoms with Crippen LogP contribution in [0.25, 0.3) is 0 Å². The number of hydrogen-bond acceptors (Lipinski definition) is 2. The third-order valence-electron chi connectivity index (χ3n) is 2.95. The molecule has 0 saturated heterocycles. The van der Waals surface area contributed by atoms with Gasteiger partial charge in [-0.05, 0) is 17.7 Å². The standard InChI is InChI=1S/C15H14BNO2/c16-17(13-9-5-2-6-10-13)14(15(18)19)11-12-7-3-1-4-8-12/h1-10,14H,11H2,(H,18,19)/t14-/m0/s1. The van der Waals surface area contributed by atoms with Crippen LogP contribution in [0.4, 0.5) is 5.69 Å². The fourth-order valence-corrected chi connectivity index (χ4v) is 1.92. The predicted octanol–water partition coefficient (Wildman–Crippen LogP) is 2.27. The molecule has 0 aromatic heterocycles. The van der Waals surface area contributed by atoms with Gasteiger partial charge in [0.1, 0.15) is 6.04 Å². The molecule has 1 N–H and O–H groups in total. The quantitative estimate of drug-likeness (QED) is 0.828. The van der Waals surface area contributed by atoms with E-state index in [0.29, 0.717) is 12.1 Å². The Balaban J connectivity index is 2.19. The molecule has 0 saturated carbocycles. The van der Waals surface area contributed by atoms with Gasteiger partial charge >= 0.3 is 5.97 Å². The van der Waals surface area contributed by atoms with Crippen LogP contribution in [0.1, 0.15) is 5.56 Å². The topological polar surface area (TPSA) is 40.5 Å². The van der Waals surface area contributed by atoms with E-state index in [4.69, 9.17) is 7.98 Å². The molecule has 0 unspecified atom stereocenters. The summed E-state index contributed by atoms with van der Waals surface area (Å²) in [5, 5.41) is 9.34. The molecule has 2 rings (SSSR count). The van der Waals surface area contributed by atoms with Crippen LogP contribution in [0.5, 0.6) is 0 Å². The van der Waals surface area contributed by atoms with Crippen LogP contribution in [0.3, 0.4) is 0 Å². The molecule has 3 nitrogen and oxygen atoms in total. The van der Waals surface area contributed by atoms with E-state index < -0.39 is 12.0 Å². The Labute approximate surface area is 113 Å². The van der Waals surface area contributed by atoms with Gasteiger partial charge in [0.2, 0.25) is 7.98 Å². The van der Waals surface area contributed by atoms with E-state index in [1.807, 2.05) is 48.5 Å². The van der Waals surface area contributed by atoms with Gasteiger partial charge in [0.05, 0.1) is 0 Å². The molecule has 0 spiro atoms. The van der Waals surface area contributed by atoms with Crippen molar-refractivity contribution >= 4 is 19.6 Å². The Bertz CT molecular complexity index is 530. The van der Waals surface area contributed by atoms with Gasteiger partial charge in [0.25, 0.3) is 0 Å². The van der Waals surface area contributed by atoms with Crippen LogP contribution in [0, 0.1) is 0 Å². The fraction of sp³-hybridized carbons (Fsp3) is 0.133. The number of carboxylic acids is 1. The molecule has 0 fully saturated rings. The Morgan fingerprint density at radius 2 is 1.58 bits per heavy atom. The average molecular weight is 251 g/mol. The number of aliphatic carboxylic acids is 1. The van der Waals surface area contributed by atoms with Gasteiger partial charge in [0, 0.05) is 12.1 Å². The van der Waals surface area contributed by atoms with Crippen molar-refractivity contribution < 1.29 is 9.90 Å². The number of anilines is 1. The number of benzene rings is 2. The van der Waals surface area contributed by atoms with Gasteiger partial charge in [0.15, 0.2) is 0 Å². The highest BCUT2D eigenvalue weighted by molar-refractivity contribution is 6.20. The van der Waals surface area contributed by atoms with E-state index in [1.165, 1.54) is 4.81 Å². The lowest BCUT2D eigenvalue weighted by Crippen LogP contribution is -2.41. The van der Waals surface area contributed by atoms with E-state index in [9.17, 15) is 9.90 Å². The van der Waals surface area contributed by atoms with Crippen LogP contribution in [-0.4, -0.2) is 25.1 Å². The summed E-state index contributed by atoms with van der Waals surface area (Å²) >= 11 is 0. The molecule has 4 heteroatoms. The minimum absolute atomic E-state index is 0.363. The van der Waals surface area contributed by atoms with E-state index in [0.717, 1.165) is 5.56 Å². The average Bonchev–Trinajstić information content (AvgIpc) is 2.46. The third kappa shape index (κ3) is 3.38. The van der Waals surface area contributed by atoms with Gasteiger partial charge in [-0.2, -0.15) is 0 Å². The van der Waals surface area contributed by atoms with Gasteiger partial charge in [-0.1, -0.05) is 48.5 Å². The van der Waals surface area contributed by atoms with Crippen LogP contribution in [0.2, 0.25) is 0 Å². The summed E-state index contributed by atoms with van der Waals surface area (Å²) in [6, 6.07) is 17.8. The SMILES string of the molecule is [B]N(c1ccccc1)[C@@H](Cc1ccccc1)C(=O)O. The summed E-state index contributed by atoms with van der Waals surface area (Å²) in [6.07, 6.45) is 0.363. The van der Waals surface area contributed by atoms with Crippen molar-refractivity contribution in [2.75, 3.05) is 4.81 Å². The molecule has 0 amide bonds. The van der Waals surface area contributed by atoms with Crippen molar-refractivity contribution in [1.82, 2.24) is 0 Å². The predicted molar refractivity (Wildman–Crippen MR) is 76.2 cm³/mol. The summed E-state index contributed by atoms with van der Waals surface area (Å²) < 4.78 is 0. The Morgan fingerprint density at radius 1 is 1.05 bits per heavy atom. The summed E-state index contributed by atoms with van der Waals surface area (Å²) in [7, 11) is 5.94. The molecule has 2 aromatic carbocycles. The smallest absolute Gasteiger partial charge is 0.325 e. The molecule has 0 aliphatic carbocycles. The molecule has 94 valence electrons. The lowest BCUT2D eigenvalue weighted by atomic mass is 10.0. The van der Waals surface area contributed by atoms with Crippen molar-refractivity contribution in [2.24, 2.45) is 0 Å². The molecule has 2 radical (unpaired) electrons. The maximum absolute atomic E-state index is 11.4. The normalized spacial score (nSPS) is 11.8. The lowest BCUT2D eigenvalue weighted by Gasteiger charge is -2.27. The molecular formula is C15H14BNO2. The van der Waals surface area contributed by atoms with Crippen molar-refractivity contribution in [3.05, 3.63) is 66.2 Å². The molecule has 0 aliphatic heterocycles. The number of carbonyl (C=O) groups is 1. The third-order valence-corrected chi connectivity index (χ3v) is 2.95. The maximum Gasteiger partial charge on any atom is 0.325 e. The van der Waals surface area contributed by atoms with Gasteiger partial charge in [-0.3, -0.25) is 4.79 Å². The zero-order valence-electron chi connectivity index (χ0n) is 10.4. The van der Waals surface area contributed by atoms with Crippen molar-refractivity contribution in [2.45, 2.75) is 12.5 Å². The summed E-state index contributed by atoms with van der Waals surface area (Å²) in [4.78, 5) is 12.7. The van der Waals surface area contributed by atoms with E-state index in [2.05, 4.69) is 0 Å². The first-order valence-corrected chi connectivity index (χ1v) is 6.04. The van der Waals surface area contributed by atoms with E-state index in [1.54, 1.807) is 12.1 Å². The highest BCUT2D eigenvalue weighted by Gasteiger charge is 2.22. The first-order chi connectivity index (χ1) is 9.18. The minimum atomic E-state index is -0.935. The maximum atomic E-state index is 11.4. The molecule has 0 heterocycles. The van der Waals surface area contributed by atoms with E-state index in [-0.39, 0.29) is 0 Å². The second kappa shape index (κ2) is 6.09. The Hall–Kier alpha value is -2.23. The summed E-state index contributed by atoms with van der Waals surface area (Å²) in [5.41, 5.74) is 1.63. The zero-order chi connectivity index (χ0) is 13.7. The molecule has 0 bridgehead atoms. The van der Waals surface area contributed by atoms with Crippen molar-refractivity contribution in [3.63, 3.8) is 0 Å². The molecule has 2 aromatic rings. The molecule has 0 aliphatic rings. The van der Waals surface area contributed by atoms with Crippen LogP contribution < -0.4 is 4.81 Å². The van der Waals surface area contributed by atoms with E-state index >= 15 is 0 Å². The number of nitrogens with zero attached hydrogens (tertiary/aromatic N) is 1. The van der Waals surface area contributed by atoms with Crippen molar-refractivity contribution in [3.8, 4) is 0 Å². The Morgan fingerprint density at radius 3 is 2.11 bits per heavy atom. The Kier molecular flexibility index (Phi) is 4.24. The zero-order valence-corrected chi connectivity index (χ0v) is 10.4. The minimum Gasteiger partial charge on any atom is -0.480 e. The van der Waals surface area contributed by atoms with Gasteiger partial charge < -0.3 is 9.92 Å².